The molecule has 0 bridgehead atoms. The maximum atomic E-state index is 12.4. The molecule has 0 atom stereocenters. The van der Waals surface area contributed by atoms with Gasteiger partial charge in [0.1, 0.15) is 0 Å². The summed E-state index contributed by atoms with van der Waals surface area (Å²) in [5.74, 6) is -0.626. The summed E-state index contributed by atoms with van der Waals surface area (Å²) >= 11 is 11.8. The topological polar surface area (TPSA) is 38.8 Å². The summed E-state index contributed by atoms with van der Waals surface area (Å²) in [6.07, 6.45) is 1.29. The smallest absolute Gasteiger partial charge is 0.253 e. The van der Waals surface area contributed by atoms with Crippen molar-refractivity contribution in [2.75, 3.05) is 27.3 Å². The zero-order chi connectivity index (χ0) is 14.8. The van der Waals surface area contributed by atoms with Crippen LogP contribution in [0.2, 0.25) is 10.0 Å². The van der Waals surface area contributed by atoms with E-state index in [4.69, 9.17) is 32.7 Å². The quantitative estimate of drug-likeness (QED) is 0.803. The molecule has 0 aliphatic carbocycles. The summed E-state index contributed by atoms with van der Waals surface area (Å²) in [5.41, 5.74) is 0.543. The molecule has 20 heavy (non-hydrogen) atoms. The number of hydrogen-bond acceptors (Lipinski definition) is 3. The van der Waals surface area contributed by atoms with Gasteiger partial charge in [-0.05, 0) is 18.2 Å². The van der Waals surface area contributed by atoms with Gasteiger partial charge in [0.15, 0.2) is 5.79 Å². The van der Waals surface area contributed by atoms with Crippen molar-refractivity contribution in [3.63, 3.8) is 0 Å². The van der Waals surface area contributed by atoms with E-state index in [2.05, 4.69) is 0 Å². The zero-order valence-electron chi connectivity index (χ0n) is 11.5. The number of ether oxygens (including phenoxy) is 2. The van der Waals surface area contributed by atoms with E-state index in [0.717, 1.165) is 0 Å². The first kappa shape index (κ1) is 15.6. The molecule has 0 spiro atoms. The normalized spacial score (nSPS) is 18.1. The van der Waals surface area contributed by atoms with Crippen LogP contribution in [-0.4, -0.2) is 43.9 Å². The van der Waals surface area contributed by atoms with Gasteiger partial charge in [0.25, 0.3) is 5.91 Å². The number of nitrogens with zero attached hydrogens (tertiary/aromatic N) is 1. The summed E-state index contributed by atoms with van der Waals surface area (Å²) in [5, 5.41) is 0.831. The molecule has 1 amide bonds. The molecule has 0 unspecified atom stereocenters. The lowest BCUT2D eigenvalue weighted by molar-refractivity contribution is -0.226. The molecule has 6 heteroatoms. The third kappa shape index (κ3) is 3.09. The molecule has 2 rings (SSSR count). The number of methoxy groups -OCH3 is 2. The Morgan fingerprint density at radius 1 is 1.15 bits per heavy atom. The van der Waals surface area contributed by atoms with Crippen LogP contribution in [0, 0.1) is 0 Å². The van der Waals surface area contributed by atoms with E-state index in [-0.39, 0.29) is 5.91 Å². The number of rotatable bonds is 3. The van der Waals surface area contributed by atoms with Gasteiger partial charge in [-0.25, -0.2) is 0 Å². The predicted octanol–water partition coefficient (Wildman–Crippen LogP) is 3.22. The third-order valence-corrected chi connectivity index (χ3v) is 4.46. The zero-order valence-corrected chi connectivity index (χ0v) is 13.0. The van der Waals surface area contributed by atoms with Crippen LogP contribution < -0.4 is 0 Å². The lowest BCUT2D eigenvalue weighted by atomic mass is 10.0. The van der Waals surface area contributed by atoms with Crippen LogP contribution in [0.3, 0.4) is 0 Å². The highest BCUT2D eigenvalue weighted by atomic mass is 35.5. The minimum absolute atomic E-state index is 0.0515. The minimum Gasteiger partial charge on any atom is -0.353 e. The SMILES string of the molecule is COC1(OC)CCN(C(=O)c2ccc(Cl)c(Cl)c2)CC1. The van der Waals surface area contributed by atoms with Crippen LogP contribution in [0.5, 0.6) is 0 Å². The monoisotopic (exact) mass is 317 g/mol. The number of likely N-dealkylation sites (tertiary alicyclic amines) is 1. The summed E-state index contributed by atoms with van der Waals surface area (Å²) in [7, 11) is 3.25. The van der Waals surface area contributed by atoms with E-state index in [1.165, 1.54) is 0 Å². The fraction of sp³-hybridized carbons (Fsp3) is 0.500. The van der Waals surface area contributed by atoms with Gasteiger partial charge in [-0.1, -0.05) is 23.2 Å². The number of halogens is 2. The number of carbonyl (C=O) groups is 1. The summed E-state index contributed by atoms with van der Waals surface area (Å²) in [6.45, 7) is 1.17. The van der Waals surface area contributed by atoms with Gasteiger partial charge in [0.2, 0.25) is 0 Å². The van der Waals surface area contributed by atoms with Gasteiger partial charge < -0.3 is 14.4 Å². The van der Waals surface area contributed by atoms with E-state index in [1.807, 2.05) is 0 Å². The fourth-order valence-electron chi connectivity index (χ4n) is 2.35. The largest absolute Gasteiger partial charge is 0.353 e. The second kappa shape index (κ2) is 6.31. The highest BCUT2D eigenvalue weighted by molar-refractivity contribution is 6.42. The third-order valence-electron chi connectivity index (χ3n) is 3.72. The average molecular weight is 318 g/mol. The number of benzene rings is 1. The Hall–Kier alpha value is -0.810. The van der Waals surface area contributed by atoms with Crippen LogP contribution in [-0.2, 0) is 9.47 Å². The van der Waals surface area contributed by atoms with Crippen molar-refractivity contribution in [1.82, 2.24) is 4.90 Å². The molecule has 0 aromatic heterocycles. The molecule has 0 saturated carbocycles. The number of piperidine rings is 1. The Balaban J connectivity index is 2.06. The molecular formula is C14H17Cl2NO3. The number of amides is 1. The van der Waals surface area contributed by atoms with E-state index < -0.39 is 5.79 Å². The van der Waals surface area contributed by atoms with E-state index in [9.17, 15) is 4.79 Å². The maximum absolute atomic E-state index is 12.4. The lowest BCUT2D eigenvalue weighted by Crippen LogP contribution is -2.48. The summed E-state index contributed by atoms with van der Waals surface area (Å²) in [4.78, 5) is 14.2. The molecule has 0 N–H and O–H groups in total. The van der Waals surface area contributed by atoms with Crippen LogP contribution in [0.4, 0.5) is 0 Å². The Morgan fingerprint density at radius 2 is 1.75 bits per heavy atom. The molecule has 1 aliphatic heterocycles. The van der Waals surface area contributed by atoms with E-state index in [0.29, 0.717) is 41.5 Å². The van der Waals surface area contributed by atoms with Crippen molar-refractivity contribution in [2.45, 2.75) is 18.6 Å². The highest BCUT2D eigenvalue weighted by Gasteiger charge is 2.36. The Kier molecular flexibility index (Phi) is 4.91. The van der Waals surface area contributed by atoms with Crippen molar-refractivity contribution in [3.05, 3.63) is 33.8 Å². The van der Waals surface area contributed by atoms with Crippen molar-refractivity contribution in [3.8, 4) is 0 Å². The van der Waals surface area contributed by atoms with Crippen LogP contribution in [0.1, 0.15) is 23.2 Å². The molecule has 4 nitrogen and oxygen atoms in total. The maximum Gasteiger partial charge on any atom is 0.253 e. The molecule has 0 radical (unpaired) electrons. The van der Waals surface area contributed by atoms with Gasteiger partial charge in [-0.3, -0.25) is 4.79 Å². The van der Waals surface area contributed by atoms with Crippen LogP contribution in [0.25, 0.3) is 0 Å². The Labute approximate surface area is 128 Å². The van der Waals surface area contributed by atoms with Crippen molar-refractivity contribution < 1.29 is 14.3 Å². The van der Waals surface area contributed by atoms with Gasteiger partial charge in [-0.2, -0.15) is 0 Å². The fourth-order valence-corrected chi connectivity index (χ4v) is 2.65. The number of hydrogen-bond donors (Lipinski definition) is 0. The molecular weight excluding hydrogens is 301 g/mol. The van der Waals surface area contributed by atoms with Gasteiger partial charge in [-0.15, -0.1) is 0 Å². The molecule has 1 heterocycles. The van der Waals surface area contributed by atoms with E-state index >= 15 is 0 Å². The Bertz CT molecular complexity index is 493. The molecule has 1 fully saturated rings. The second-order valence-corrected chi connectivity index (χ2v) is 5.55. The summed E-state index contributed by atoms with van der Waals surface area (Å²) < 4.78 is 10.8. The minimum atomic E-state index is -0.575. The lowest BCUT2D eigenvalue weighted by Gasteiger charge is -2.39. The first-order chi connectivity index (χ1) is 9.51. The average Bonchev–Trinajstić information content (AvgIpc) is 2.49. The van der Waals surface area contributed by atoms with Gasteiger partial charge in [0, 0.05) is 45.7 Å². The molecule has 1 aromatic rings. The highest BCUT2D eigenvalue weighted by Crippen LogP contribution is 2.28. The molecule has 1 saturated heterocycles. The first-order valence-corrected chi connectivity index (χ1v) is 7.11. The van der Waals surface area contributed by atoms with E-state index in [1.54, 1.807) is 37.3 Å². The van der Waals surface area contributed by atoms with Crippen LogP contribution >= 0.6 is 23.2 Å². The molecule has 1 aliphatic rings. The van der Waals surface area contributed by atoms with Gasteiger partial charge >= 0.3 is 0 Å². The van der Waals surface area contributed by atoms with Gasteiger partial charge in [0.05, 0.1) is 10.0 Å². The van der Waals surface area contributed by atoms with Crippen LogP contribution in [0.15, 0.2) is 18.2 Å². The van der Waals surface area contributed by atoms with Crippen molar-refractivity contribution >= 4 is 29.1 Å². The molecule has 110 valence electrons. The standard InChI is InChI=1S/C14H17Cl2NO3/c1-19-14(20-2)5-7-17(8-6-14)13(18)10-3-4-11(15)12(16)9-10/h3-4,9H,5-8H2,1-2H3. The number of carbonyl (C=O) groups excluding carboxylic acids is 1. The predicted molar refractivity (Wildman–Crippen MR) is 78.3 cm³/mol. The first-order valence-electron chi connectivity index (χ1n) is 6.36. The van der Waals surface area contributed by atoms with Crippen molar-refractivity contribution in [2.24, 2.45) is 0 Å². The van der Waals surface area contributed by atoms with Crippen molar-refractivity contribution in [1.29, 1.82) is 0 Å². The molecule has 1 aromatic carbocycles. The summed E-state index contributed by atoms with van der Waals surface area (Å²) in [6, 6.07) is 4.92. The Morgan fingerprint density at radius 3 is 2.25 bits per heavy atom. The second-order valence-electron chi connectivity index (χ2n) is 4.74.